The predicted molar refractivity (Wildman–Crippen MR) is 80.3 cm³/mol. The summed E-state index contributed by atoms with van der Waals surface area (Å²) >= 11 is 0. The molecule has 1 heterocycles. The summed E-state index contributed by atoms with van der Waals surface area (Å²) in [6.45, 7) is 4.29. The van der Waals surface area contributed by atoms with Crippen molar-refractivity contribution in [2.45, 2.75) is 38.1 Å². The maximum atomic E-state index is 13.4. The number of benzene rings is 1. The minimum Gasteiger partial charge on any atom is -0.341 e. The summed E-state index contributed by atoms with van der Waals surface area (Å²) < 4.78 is 13.4. The van der Waals surface area contributed by atoms with Crippen molar-refractivity contribution in [2.75, 3.05) is 19.6 Å². The van der Waals surface area contributed by atoms with Crippen LogP contribution in [0.5, 0.6) is 0 Å². The summed E-state index contributed by atoms with van der Waals surface area (Å²) in [5.74, 6) is 0.557. The van der Waals surface area contributed by atoms with E-state index in [1.54, 1.807) is 12.1 Å². The van der Waals surface area contributed by atoms with Gasteiger partial charge in [0.2, 0.25) is 5.91 Å². The van der Waals surface area contributed by atoms with Crippen LogP contribution < -0.4 is 5.32 Å². The standard InChI is InChI=1S/C17H23FN2O/c1-13-4-3-9-20(12-13)16(21)11-19-17(7-8-17)14-5-2-6-15(18)10-14/h2,5-6,10,13,19H,3-4,7-9,11-12H2,1H3/t13-/m0/s1. The first-order valence-corrected chi connectivity index (χ1v) is 7.88. The second-order valence-corrected chi connectivity index (χ2v) is 6.53. The number of hydrogen-bond donors (Lipinski definition) is 1. The van der Waals surface area contributed by atoms with Crippen LogP contribution >= 0.6 is 0 Å². The highest BCUT2D eigenvalue weighted by Gasteiger charge is 2.44. The molecule has 1 saturated carbocycles. The average Bonchev–Trinajstić information content (AvgIpc) is 3.26. The summed E-state index contributed by atoms with van der Waals surface area (Å²) in [5, 5.41) is 3.37. The summed E-state index contributed by atoms with van der Waals surface area (Å²) in [4.78, 5) is 14.3. The van der Waals surface area contributed by atoms with E-state index in [9.17, 15) is 9.18 Å². The van der Waals surface area contributed by atoms with Crippen molar-refractivity contribution in [3.05, 3.63) is 35.6 Å². The molecular weight excluding hydrogens is 267 g/mol. The van der Waals surface area contributed by atoms with Crippen molar-refractivity contribution in [2.24, 2.45) is 5.92 Å². The Morgan fingerprint density at radius 3 is 2.95 bits per heavy atom. The SMILES string of the molecule is C[C@H]1CCCN(C(=O)CNC2(c3cccc(F)c3)CC2)C1. The Labute approximate surface area is 125 Å². The number of rotatable bonds is 4. The number of carbonyl (C=O) groups excluding carboxylic acids is 1. The van der Waals surface area contributed by atoms with Crippen LogP contribution in [0.3, 0.4) is 0 Å². The maximum Gasteiger partial charge on any atom is 0.236 e. The molecule has 0 spiro atoms. The molecule has 1 saturated heterocycles. The second kappa shape index (κ2) is 5.76. The Hall–Kier alpha value is -1.42. The molecule has 3 rings (SSSR count). The third kappa shape index (κ3) is 3.26. The van der Waals surface area contributed by atoms with E-state index in [1.165, 1.54) is 12.5 Å². The lowest BCUT2D eigenvalue weighted by molar-refractivity contribution is -0.132. The molecule has 2 fully saturated rings. The Morgan fingerprint density at radius 1 is 1.48 bits per heavy atom. The summed E-state index contributed by atoms with van der Waals surface area (Å²) in [6.07, 6.45) is 4.26. The van der Waals surface area contributed by atoms with E-state index in [4.69, 9.17) is 0 Å². The molecule has 2 aliphatic rings. The van der Waals surface area contributed by atoms with E-state index in [-0.39, 0.29) is 17.3 Å². The van der Waals surface area contributed by atoms with Crippen molar-refractivity contribution in [3.63, 3.8) is 0 Å². The molecule has 21 heavy (non-hydrogen) atoms. The van der Waals surface area contributed by atoms with Gasteiger partial charge < -0.3 is 4.90 Å². The van der Waals surface area contributed by atoms with Crippen molar-refractivity contribution >= 4 is 5.91 Å². The fourth-order valence-corrected chi connectivity index (χ4v) is 3.25. The Kier molecular flexibility index (Phi) is 3.98. The van der Waals surface area contributed by atoms with Gasteiger partial charge in [-0.05, 0) is 49.3 Å². The summed E-state index contributed by atoms with van der Waals surface area (Å²) in [7, 11) is 0. The fourth-order valence-electron chi connectivity index (χ4n) is 3.25. The van der Waals surface area contributed by atoms with Gasteiger partial charge in [-0.2, -0.15) is 0 Å². The molecular formula is C17H23FN2O. The highest BCUT2D eigenvalue weighted by molar-refractivity contribution is 5.78. The van der Waals surface area contributed by atoms with Gasteiger partial charge >= 0.3 is 0 Å². The third-order valence-corrected chi connectivity index (χ3v) is 4.71. The van der Waals surface area contributed by atoms with Crippen LogP contribution in [0.2, 0.25) is 0 Å². The number of hydrogen-bond acceptors (Lipinski definition) is 2. The quantitative estimate of drug-likeness (QED) is 0.924. The first kappa shape index (κ1) is 14.5. The van der Waals surface area contributed by atoms with Gasteiger partial charge in [-0.15, -0.1) is 0 Å². The zero-order valence-electron chi connectivity index (χ0n) is 12.6. The summed E-state index contributed by atoms with van der Waals surface area (Å²) in [5.41, 5.74) is 0.779. The molecule has 0 bridgehead atoms. The lowest BCUT2D eigenvalue weighted by Crippen LogP contribution is -2.45. The molecule has 1 amide bonds. The molecule has 0 radical (unpaired) electrons. The molecule has 1 aromatic rings. The van der Waals surface area contributed by atoms with Gasteiger partial charge in [0.05, 0.1) is 6.54 Å². The van der Waals surface area contributed by atoms with Gasteiger partial charge in [0.15, 0.2) is 0 Å². The third-order valence-electron chi connectivity index (χ3n) is 4.71. The molecule has 1 aromatic carbocycles. The van der Waals surface area contributed by atoms with Crippen molar-refractivity contribution in [1.29, 1.82) is 0 Å². The van der Waals surface area contributed by atoms with Crippen LogP contribution in [-0.4, -0.2) is 30.4 Å². The molecule has 3 nitrogen and oxygen atoms in total. The number of piperidine rings is 1. The van der Waals surface area contributed by atoms with Gasteiger partial charge in [-0.1, -0.05) is 19.1 Å². The molecule has 0 unspecified atom stereocenters. The van der Waals surface area contributed by atoms with Crippen molar-refractivity contribution in [3.8, 4) is 0 Å². The monoisotopic (exact) mass is 290 g/mol. The van der Waals surface area contributed by atoms with E-state index in [1.807, 2.05) is 11.0 Å². The Morgan fingerprint density at radius 2 is 2.29 bits per heavy atom. The van der Waals surface area contributed by atoms with E-state index >= 15 is 0 Å². The van der Waals surface area contributed by atoms with Crippen molar-refractivity contribution < 1.29 is 9.18 Å². The maximum absolute atomic E-state index is 13.4. The topological polar surface area (TPSA) is 32.3 Å². The normalized spacial score (nSPS) is 23.9. The van der Waals surface area contributed by atoms with Crippen LogP contribution in [0, 0.1) is 11.7 Å². The molecule has 1 atom stereocenters. The largest absolute Gasteiger partial charge is 0.341 e. The van der Waals surface area contributed by atoms with E-state index < -0.39 is 0 Å². The van der Waals surface area contributed by atoms with Gasteiger partial charge in [-0.3, -0.25) is 10.1 Å². The molecule has 0 aromatic heterocycles. The molecule has 4 heteroatoms. The number of nitrogens with zero attached hydrogens (tertiary/aromatic N) is 1. The summed E-state index contributed by atoms with van der Waals surface area (Å²) in [6, 6.07) is 6.71. The molecule has 1 N–H and O–H groups in total. The van der Waals surface area contributed by atoms with Crippen LogP contribution in [-0.2, 0) is 10.3 Å². The molecule has 1 aliphatic heterocycles. The van der Waals surface area contributed by atoms with Gasteiger partial charge in [0.1, 0.15) is 5.82 Å². The van der Waals surface area contributed by atoms with Gasteiger partial charge in [-0.25, -0.2) is 4.39 Å². The van der Waals surface area contributed by atoms with Crippen LogP contribution in [0.25, 0.3) is 0 Å². The van der Waals surface area contributed by atoms with Crippen LogP contribution in [0.1, 0.15) is 38.2 Å². The van der Waals surface area contributed by atoms with Gasteiger partial charge in [0, 0.05) is 18.6 Å². The average molecular weight is 290 g/mol. The smallest absolute Gasteiger partial charge is 0.236 e. The zero-order valence-corrected chi connectivity index (χ0v) is 12.6. The van der Waals surface area contributed by atoms with E-state index in [0.29, 0.717) is 12.5 Å². The molecule has 114 valence electrons. The van der Waals surface area contributed by atoms with E-state index in [0.717, 1.165) is 37.9 Å². The number of amides is 1. The second-order valence-electron chi connectivity index (χ2n) is 6.53. The zero-order chi connectivity index (χ0) is 14.9. The predicted octanol–water partition coefficient (Wildman–Crippen LogP) is 2.66. The minimum atomic E-state index is -0.211. The Balaban J connectivity index is 1.58. The highest BCUT2D eigenvalue weighted by atomic mass is 19.1. The first-order chi connectivity index (χ1) is 10.1. The lowest BCUT2D eigenvalue weighted by Gasteiger charge is -2.31. The number of likely N-dealkylation sites (tertiary alicyclic amines) is 1. The van der Waals surface area contributed by atoms with Crippen LogP contribution in [0.4, 0.5) is 4.39 Å². The van der Waals surface area contributed by atoms with Crippen LogP contribution in [0.15, 0.2) is 24.3 Å². The Bertz CT molecular complexity index is 527. The van der Waals surface area contributed by atoms with Crippen molar-refractivity contribution in [1.82, 2.24) is 10.2 Å². The highest BCUT2D eigenvalue weighted by Crippen LogP contribution is 2.45. The lowest BCUT2D eigenvalue weighted by atomic mass is 10.0. The minimum absolute atomic E-state index is 0.171. The first-order valence-electron chi connectivity index (χ1n) is 7.88. The number of halogens is 1. The number of carbonyl (C=O) groups is 1. The van der Waals surface area contributed by atoms with Gasteiger partial charge in [0.25, 0.3) is 0 Å². The molecule has 1 aliphatic carbocycles. The number of nitrogens with one attached hydrogen (secondary N) is 1. The fraction of sp³-hybridized carbons (Fsp3) is 0.588. The van der Waals surface area contributed by atoms with E-state index in [2.05, 4.69) is 12.2 Å².